The van der Waals surface area contributed by atoms with Gasteiger partial charge in [-0.25, -0.2) is 0 Å². The predicted octanol–water partition coefficient (Wildman–Crippen LogP) is 2.34. The van der Waals surface area contributed by atoms with Crippen molar-refractivity contribution in [2.24, 2.45) is 0 Å². The highest BCUT2D eigenvalue weighted by atomic mass is 16.5. The standard InChI is InChI=1S/C20H21N3O5/c1-12(19(24)23-15-7-5-6-13(8-15)11-21)22-20(25)14-9-16(26-2)18(28-4)17(10-14)27-3/h5-10,12H,1-4H3,(H,22,25)(H,23,24)/t12-/m0/s1. The molecule has 2 N–H and O–H groups in total. The summed E-state index contributed by atoms with van der Waals surface area (Å²) in [5.41, 5.74) is 1.14. The van der Waals surface area contributed by atoms with Crippen molar-refractivity contribution >= 4 is 17.5 Å². The van der Waals surface area contributed by atoms with Crippen molar-refractivity contribution in [2.75, 3.05) is 26.6 Å². The summed E-state index contributed by atoms with van der Waals surface area (Å²) < 4.78 is 15.7. The Kier molecular flexibility index (Phi) is 6.82. The van der Waals surface area contributed by atoms with Gasteiger partial charge in [0.1, 0.15) is 6.04 Å². The number of ether oxygens (including phenoxy) is 3. The summed E-state index contributed by atoms with van der Waals surface area (Å²) >= 11 is 0. The van der Waals surface area contributed by atoms with Crippen LogP contribution in [0.4, 0.5) is 5.69 Å². The van der Waals surface area contributed by atoms with E-state index in [2.05, 4.69) is 10.6 Å². The summed E-state index contributed by atoms with van der Waals surface area (Å²) in [4.78, 5) is 24.9. The number of carbonyl (C=O) groups excluding carboxylic acids is 2. The van der Waals surface area contributed by atoms with Crippen LogP contribution in [0.5, 0.6) is 17.2 Å². The van der Waals surface area contributed by atoms with Crippen LogP contribution in [0.1, 0.15) is 22.8 Å². The number of nitriles is 1. The maximum Gasteiger partial charge on any atom is 0.252 e. The second-order valence-corrected chi connectivity index (χ2v) is 5.79. The molecule has 0 bridgehead atoms. The van der Waals surface area contributed by atoms with Crippen molar-refractivity contribution < 1.29 is 23.8 Å². The van der Waals surface area contributed by atoms with E-state index in [-0.39, 0.29) is 5.56 Å². The van der Waals surface area contributed by atoms with Gasteiger partial charge in [0.25, 0.3) is 5.91 Å². The monoisotopic (exact) mass is 383 g/mol. The summed E-state index contributed by atoms with van der Waals surface area (Å²) in [7, 11) is 4.36. The molecule has 1 atom stereocenters. The summed E-state index contributed by atoms with van der Waals surface area (Å²) in [6.45, 7) is 1.55. The van der Waals surface area contributed by atoms with Crippen LogP contribution in [-0.2, 0) is 4.79 Å². The second kappa shape index (κ2) is 9.28. The molecule has 0 unspecified atom stereocenters. The van der Waals surface area contributed by atoms with Crippen LogP contribution < -0.4 is 24.8 Å². The molecule has 0 radical (unpaired) electrons. The zero-order valence-electron chi connectivity index (χ0n) is 16.0. The predicted molar refractivity (Wildman–Crippen MR) is 103 cm³/mol. The summed E-state index contributed by atoms with van der Waals surface area (Å²) in [6, 6.07) is 10.7. The van der Waals surface area contributed by atoms with E-state index >= 15 is 0 Å². The largest absolute Gasteiger partial charge is 0.493 e. The SMILES string of the molecule is COc1cc(C(=O)N[C@@H](C)C(=O)Nc2cccc(C#N)c2)cc(OC)c1OC. The van der Waals surface area contributed by atoms with Crippen LogP contribution in [-0.4, -0.2) is 39.2 Å². The molecule has 0 aliphatic carbocycles. The maximum atomic E-state index is 12.6. The molecule has 0 aliphatic rings. The molecule has 8 nitrogen and oxygen atoms in total. The lowest BCUT2D eigenvalue weighted by molar-refractivity contribution is -0.117. The van der Waals surface area contributed by atoms with Gasteiger partial charge >= 0.3 is 0 Å². The number of nitrogens with zero attached hydrogens (tertiary/aromatic N) is 1. The van der Waals surface area contributed by atoms with Crippen LogP contribution in [0.2, 0.25) is 0 Å². The first-order valence-corrected chi connectivity index (χ1v) is 8.35. The number of carbonyl (C=O) groups is 2. The van der Waals surface area contributed by atoms with E-state index in [1.807, 2.05) is 6.07 Å². The van der Waals surface area contributed by atoms with E-state index in [1.54, 1.807) is 31.2 Å². The Morgan fingerprint density at radius 2 is 1.68 bits per heavy atom. The number of rotatable bonds is 7. The first-order valence-electron chi connectivity index (χ1n) is 8.35. The van der Waals surface area contributed by atoms with Crippen LogP contribution >= 0.6 is 0 Å². The van der Waals surface area contributed by atoms with Crippen LogP contribution in [0.15, 0.2) is 36.4 Å². The molecule has 0 saturated heterocycles. The van der Waals surface area contributed by atoms with E-state index in [0.29, 0.717) is 28.5 Å². The van der Waals surface area contributed by atoms with Crippen LogP contribution in [0.25, 0.3) is 0 Å². The molecular formula is C20H21N3O5. The third-order valence-electron chi connectivity index (χ3n) is 3.93. The van der Waals surface area contributed by atoms with Gasteiger partial charge in [-0.3, -0.25) is 9.59 Å². The molecule has 0 aliphatic heterocycles. The van der Waals surface area contributed by atoms with Crippen molar-refractivity contribution in [1.82, 2.24) is 5.32 Å². The third kappa shape index (κ3) is 4.71. The fourth-order valence-electron chi connectivity index (χ4n) is 2.47. The Morgan fingerprint density at radius 1 is 1.04 bits per heavy atom. The normalized spacial score (nSPS) is 11.0. The molecule has 0 fully saturated rings. The van der Waals surface area contributed by atoms with Gasteiger partial charge in [-0.1, -0.05) is 6.07 Å². The number of amides is 2. The Bertz CT molecular complexity index is 895. The molecule has 0 heterocycles. The van der Waals surface area contributed by atoms with Gasteiger partial charge in [0.05, 0.1) is 33.0 Å². The molecule has 0 aromatic heterocycles. The number of benzene rings is 2. The van der Waals surface area contributed by atoms with Crippen LogP contribution in [0, 0.1) is 11.3 Å². The molecule has 2 amide bonds. The second-order valence-electron chi connectivity index (χ2n) is 5.79. The first-order chi connectivity index (χ1) is 13.4. The first kappa shape index (κ1) is 20.6. The zero-order chi connectivity index (χ0) is 20.7. The zero-order valence-corrected chi connectivity index (χ0v) is 16.0. The lowest BCUT2D eigenvalue weighted by Crippen LogP contribution is -2.41. The maximum absolute atomic E-state index is 12.6. The highest BCUT2D eigenvalue weighted by Gasteiger charge is 2.20. The Hall–Kier alpha value is -3.73. The van der Waals surface area contributed by atoms with Crippen molar-refractivity contribution in [3.05, 3.63) is 47.5 Å². The third-order valence-corrected chi connectivity index (χ3v) is 3.93. The molecule has 146 valence electrons. The molecule has 2 rings (SSSR count). The lowest BCUT2D eigenvalue weighted by atomic mass is 10.1. The average molecular weight is 383 g/mol. The molecule has 0 spiro atoms. The molecule has 2 aromatic rings. The molecule has 2 aromatic carbocycles. The van der Waals surface area contributed by atoms with Crippen molar-refractivity contribution in [3.63, 3.8) is 0 Å². The van der Waals surface area contributed by atoms with Gasteiger partial charge in [0.15, 0.2) is 11.5 Å². The number of methoxy groups -OCH3 is 3. The Labute approximate surface area is 163 Å². The molecule has 8 heteroatoms. The minimum Gasteiger partial charge on any atom is -0.493 e. The quantitative estimate of drug-likeness (QED) is 0.759. The van der Waals surface area contributed by atoms with E-state index in [1.165, 1.54) is 33.5 Å². The highest BCUT2D eigenvalue weighted by Crippen LogP contribution is 2.38. The molecule has 28 heavy (non-hydrogen) atoms. The topological polar surface area (TPSA) is 110 Å². The smallest absolute Gasteiger partial charge is 0.252 e. The lowest BCUT2D eigenvalue weighted by Gasteiger charge is -2.16. The summed E-state index contributed by atoms with van der Waals surface area (Å²) in [6.07, 6.45) is 0. The number of hydrogen-bond acceptors (Lipinski definition) is 6. The van der Waals surface area contributed by atoms with E-state index in [9.17, 15) is 9.59 Å². The van der Waals surface area contributed by atoms with Gasteiger partial charge < -0.3 is 24.8 Å². The fraction of sp³-hybridized carbons (Fsp3) is 0.250. The Morgan fingerprint density at radius 3 is 2.21 bits per heavy atom. The van der Waals surface area contributed by atoms with Crippen molar-refractivity contribution in [3.8, 4) is 23.3 Å². The van der Waals surface area contributed by atoms with Gasteiger partial charge in [0.2, 0.25) is 11.7 Å². The highest BCUT2D eigenvalue weighted by molar-refractivity contribution is 6.01. The van der Waals surface area contributed by atoms with Gasteiger partial charge in [-0.2, -0.15) is 5.26 Å². The minimum absolute atomic E-state index is 0.251. The Balaban J connectivity index is 2.13. The molecular weight excluding hydrogens is 362 g/mol. The summed E-state index contributed by atoms with van der Waals surface area (Å²) in [5.74, 6) is 0.128. The fourth-order valence-corrected chi connectivity index (χ4v) is 2.47. The van der Waals surface area contributed by atoms with E-state index in [0.717, 1.165) is 0 Å². The van der Waals surface area contributed by atoms with E-state index < -0.39 is 17.9 Å². The van der Waals surface area contributed by atoms with Gasteiger partial charge in [-0.05, 0) is 37.3 Å². The van der Waals surface area contributed by atoms with Crippen LogP contribution in [0.3, 0.4) is 0 Å². The minimum atomic E-state index is -0.822. The van der Waals surface area contributed by atoms with Crippen molar-refractivity contribution in [1.29, 1.82) is 5.26 Å². The average Bonchev–Trinajstić information content (AvgIpc) is 2.72. The van der Waals surface area contributed by atoms with Gasteiger partial charge in [0, 0.05) is 11.3 Å². The summed E-state index contributed by atoms with van der Waals surface area (Å²) in [5, 5.41) is 14.2. The molecule has 0 saturated carbocycles. The van der Waals surface area contributed by atoms with Gasteiger partial charge in [-0.15, -0.1) is 0 Å². The number of nitrogens with one attached hydrogen (secondary N) is 2. The van der Waals surface area contributed by atoms with Crippen molar-refractivity contribution in [2.45, 2.75) is 13.0 Å². The number of anilines is 1. The number of hydrogen-bond donors (Lipinski definition) is 2. The van der Waals surface area contributed by atoms with E-state index in [4.69, 9.17) is 19.5 Å².